The molecule has 2 aromatic heterocycles. The molecular weight excluding hydrogens is 240 g/mol. The van der Waals surface area contributed by atoms with Gasteiger partial charge in [0.25, 0.3) is 0 Å². The largest absolute Gasteiger partial charge is 0.384 e. The van der Waals surface area contributed by atoms with Gasteiger partial charge in [-0.3, -0.25) is 4.98 Å². The standard InChI is InChI=1S/C13H18N6/c1-2-3-15-11-6-12(8-14-7-11)18-4-5-19-10-16-17-13(19)9-18/h6-8,10,15H,2-5,9H2,1H3. The number of pyridine rings is 1. The maximum Gasteiger partial charge on any atom is 0.152 e. The minimum atomic E-state index is 0.791. The molecular formula is C13H18N6. The van der Waals surface area contributed by atoms with Gasteiger partial charge in [-0.25, -0.2) is 0 Å². The van der Waals surface area contributed by atoms with Crippen LogP contribution in [-0.2, 0) is 13.1 Å². The Morgan fingerprint density at radius 1 is 1.32 bits per heavy atom. The molecule has 3 heterocycles. The average Bonchev–Trinajstić information content (AvgIpc) is 2.92. The third kappa shape index (κ3) is 2.52. The summed E-state index contributed by atoms with van der Waals surface area (Å²) in [4.78, 5) is 6.60. The number of anilines is 2. The Balaban J connectivity index is 1.76. The predicted octanol–water partition coefficient (Wildman–Crippen LogP) is 1.52. The van der Waals surface area contributed by atoms with E-state index in [0.717, 1.165) is 49.8 Å². The van der Waals surface area contributed by atoms with Gasteiger partial charge in [0.1, 0.15) is 6.33 Å². The van der Waals surface area contributed by atoms with E-state index in [9.17, 15) is 0 Å². The zero-order valence-electron chi connectivity index (χ0n) is 11.1. The van der Waals surface area contributed by atoms with E-state index in [1.54, 1.807) is 6.33 Å². The Kier molecular flexibility index (Phi) is 3.31. The first-order valence-corrected chi connectivity index (χ1v) is 6.67. The Morgan fingerprint density at radius 3 is 3.16 bits per heavy atom. The van der Waals surface area contributed by atoms with E-state index >= 15 is 0 Å². The van der Waals surface area contributed by atoms with Crippen molar-refractivity contribution in [3.8, 4) is 0 Å². The molecule has 0 spiro atoms. The van der Waals surface area contributed by atoms with Crippen LogP contribution in [0.15, 0.2) is 24.8 Å². The molecule has 0 saturated heterocycles. The van der Waals surface area contributed by atoms with E-state index in [1.165, 1.54) is 0 Å². The molecule has 1 aliphatic heterocycles. The lowest BCUT2D eigenvalue weighted by Crippen LogP contribution is -2.33. The van der Waals surface area contributed by atoms with Crippen molar-refractivity contribution in [3.05, 3.63) is 30.6 Å². The van der Waals surface area contributed by atoms with Crippen LogP contribution in [0.4, 0.5) is 11.4 Å². The topological polar surface area (TPSA) is 58.9 Å². The molecule has 0 bridgehead atoms. The van der Waals surface area contributed by atoms with Gasteiger partial charge in [-0.15, -0.1) is 10.2 Å². The van der Waals surface area contributed by atoms with Crippen molar-refractivity contribution in [1.29, 1.82) is 0 Å². The maximum atomic E-state index is 4.31. The van der Waals surface area contributed by atoms with E-state index in [-0.39, 0.29) is 0 Å². The summed E-state index contributed by atoms with van der Waals surface area (Å²) < 4.78 is 2.10. The fourth-order valence-corrected chi connectivity index (χ4v) is 2.25. The summed E-state index contributed by atoms with van der Waals surface area (Å²) in [7, 11) is 0. The van der Waals surface area contributed by atoms with Crippen LogP contribution < -0.4 is 10.2 Å². The van der Waals surface area contributed by atoms with Crippen LogP contribution in [0.5, 0.6) is 0 Å². The van der Waals surface area contributed by atoms with Crippen molar-refractivity contribution < 1.29 is 0 Å². The molecule has 0 aliphatic carbocycles. The predicted molar refractivity (Wildman–Crippen MR) is 74.1 cm³/mol. The highest BCUT2D eigenvalue weighted by molar-refractivity contribution is 5.55. The quantitative estimate of drug-likeness (QED) is 0.901. The fraction of sp³-hybridized carbons (Fsp3) is 0.462. The number of hydrogen-bond acceptors (Lipinski definition) is 5. The summed E-state index contributed by atoms with van der Waals surface area (Å²) in [5.41, 5.74) is 2.21. The number of aromatic nitrogens is 4. The molecule has 0 saturated carbocycles. The van der Waals surface area contributed by atoms with Crippen molar-refractivity contribution in [1.82, 2.24) is 19.7 Å². The van der Waals surface area contributed by atoms with E-state index < -0.39 is 0 Å². The molecule has 0 aromatic carbocycles. The molecule has 0 unspecified atom stereocenters. The summed E-state index contributed by atoms with van der Waals surface area (Å²) in [5.74, 6) is 1.01. The number of rotatable bonds is 4. The van der Waals surface area contributed by atoms with Crippen LogP contribution in [-0.4, -0.2) is 32.8 Å². The van der Waals surface area contributed by atoms with E-state index in [1.807, 2.05) is 12.4 Å². The minimum absolute atomic E-state index is 0.791. The van der Waals surface area contributed by atoms with Gasteiger partial charge >= 0.3 is 0 Å². The zero-order chi connectivity index (χ0) is 13.1. The van der Waals surface area contributed by atoms with Crippen LogP contribution in [0.25, 0.3) is 0 Å². The first kappa shape index (κ1) is 12.0. The van der Waals surface area contributed by atoms with E-state index in [4.69, 9.17) is 0 Å². The molecule has 100 valence electrons. The highest BCUT2D eigenvalue weighted by Crippen LogP contribution is 2.21. The summed E-state index contributed by atoms with van der Waals surface area (Å²) >= 11 is 0. The smallest absolute Gasteiger partial charge is 0.152 e. The van der Waals surface area contributed by atoms with Gasteiger partial charge in [0.15, 0.2) is 5.82 Å². The molecule has 6 nitrogen and oxygen atoms in total. The normalized spacial score (nSPS) is 14.3. The van der Waals surface area contributed by atoms with Crippen molar-refractivity contribution in [2.75, 3.05) is 23.3 Å². The second-order valence-electron chi connectivity index (χ2n) is 4.72. The van der Waals surface area contributed by atoms with Crippen molar-refractivity contribution in [2.24, 2.45) is 0 Å². The fourth-order valence-electron chi connectivity index (χ4n) is 2.25. The summed E-state index contributed by atoms with van der Waals surface area (Å²) in [6, 6.07) is 2.15. The molecule has 3 rings (SSSR count). The Labute approximate surface area is 112 Å². The average molecular weight is 258 g/mol. The number of nitrogens with zero attached hydrogens (tertiary/aromatic N) is 5. The van der Waals surface area contributed by atoms with Crippen molar-refractivity contribution in [3.63, 3.8) is 0 Å². The third-order valence-electron chi connectivity index (χ3n) is 3.31. The van der Waals surface area contributed by atoms with Gasteiger partial charge in [0.05, 0.1) is 30.3 Å². The van der Waals surface area contributed by atoms with Gasteiger partial charge in [-0.05, 0) is 12.5 Å². The second kappa shape index (κ2) is 5.26. The lowest BCUT2D eigenvalue weighted by atomic mass is 10.3. The highest BCUT2D eigenvalue weighted by Gasteiger charge is 2.18. The molecule has 2 aromatic rings. The molecule has 0 amide bonds. The SMILES string of the molecule is CCCNc1cncc(N2CCn3cnnc3C2)c1. The van der Waals surface area contributed by atoms with Gasteiger partial charge in [-0.2, -0.15) is 0 Å². The summed E-state index contributed by atoms with van der Waals surface area (Å²) in [6.07, 6.45) is 6.68. The van der Waals surface area contributed by atoms with Gasteiger partial charge in [0, 0.05) is 19.6 Å². The number of fused-ring (bicyclic) bond motifs is 1. The highest BCUT2D eigenvalue weighted by atomic mass is 15.3. The second-order valence-corrected chi connectivity index (χ2v) is 4.72. The molecule has 1 N–H and O–H groups in total. The van der Waals surface area contributed by atoms with Crippen LogP contribution in [0.2, 0.25) is 0 Å². The van der Waals surface area contributed by atoms with Crippen molar-refractivity contribution >= 4 is 11.4 Å². The molecule has 0 atom stereocenters. The molecule has 19 heavy (non-hydrogen) atoms. The monoisotopic (exact) mass is 258 g/mol. The van der Waals surface area contributed by atoms with Crippen LogP contribution >= 0.6 is 0 Å². The molecule has 1 aliphatic rings. The van der Waals surface area contributed by atoms with Crippen LogP contribution in [0, 0.1) is 0 Å². The lowest BCUT2D eigenvalue weighted by molar-refractivity contribution is 0.559. The first-order valence-electron chi connectivity index (χ1n) is 6.67. The summed E-state index contributed by atoms with van der Waals surface area (Å²) in [5, 5.41) is 11.5. The number of nitrogens with one attached hydrogen (secondary N) is 1. The number of hydrogen-bond donors (Lipinski definition) is 1. The van der Waals surface area contributed by atoms with E-state index in [0.29, 0.717) is 0 Å². The van der Waals surface area contributed by atoms with E-state index in [2.05, 4.69) is 43.0 Å². The first-order chi connectivity index (χ1) is 9.36. The van der Waals surface area contributed by atoms with Crippen LogP contribution in [0.3, 0.4) is 0 Å². The molecule has 0 fully saturated rings. The van der Waals surface area contributed by atoms with Gasteiger partial charge in [0.2, 0.25) is 0 Å². The van der Waals surface area contributed by atoms with Gasteiger partial charge in [-0.1, -0.05) is 6.92 Å². The van der Waals surface area contributed by atoms with Crippen molar-refractivity contribution in [2.45, 2.75) is 26.4 Å². The Bertz CT molecular complexity index is 550. The summed E-state index contributed by atoms with van der Waals surface area (Å²) in [6.45, 7) is 5.80. The van der Waals surface area contributed by atoms with Gasteiger partial charge < -0.3 is 14.8 Å². The molecule has 0 radical (unpaired) electrons. The maximum absolute atomic E-state index is 4.31. The van der Waals surface area contributed by atoms with Crippen LogP contribution in [0.1, 0.15) is 19.2 Å². The Hall–Kier alpha value is -2.11. The Morgan fingerprint density at radius 2 is 2.26 bits per heavy atom. The third-order valence-corrected chi connectivity index (χ3v) is 3.31. The molecule has 6 heteroatoms. The minimum Gasteiger partial charge on any atom is -0.384 e. The lowest BCUT2D eigenvalue weighted by Gasteiger charge is -2.28. The zero-order valence-corrected chi connectivity index (χ0v) is 11.1.